The number of fused-ring (bicyclic) bond motifs is 1. The van der Waals surface area contributed by atoms with E-state index in [0.717, 1.165) is 20.7 Å². The summed E-state index contributed by atoms with van der Waals surface area (Å²) in [4.78, 5) is 21.6. The summed E-state index contributed by atoms with van der Waals surface area (Å²) in [5.41, 5.74) is 0.0199. The largest absolute Gasteiger partial charge is 0.544 e. The monoisotopic (exact) mass is 313 g/mol. The summed E-state index contributed by atoms with van der Waals surface area (Å²) in [5.74, 6) is -0.504. The fourth-order valence-electron chi connectivity index (χ4n) is 2.13. The highest BCUT2D eigenvalue weighted by Gasteiger charge is 2.26. The average molecular weight is 313 g/mol. The molecule has 0 atom stereocenters. The quantitative estimate of drug-likeness (QED) is 0.781. The number of aliphatic carboxylic acids is 1. The lowest BCUT2D eigenvalue weighted by Crippen LogP contribution is -2.94. The van der Waals surface area contributed by atoms with Gasteiger partial charge in [-0.15, -0.1) is 11.3 Å². The van der Waals surface area contributed by atoms with Crippen LogP contribution in [-0.4, -0.2) is 21.5 Å². The smallest absolute Gasteiger partial charge is 0.236 e. The molecule has 0 aliphatic heterocycles. The van der Waals surface area contributed by atoms with Crippen LogP contribution >= 0.6 is 11.3 Å². The van der Waals surface area contributed by atoms with Crippen LogP contribution in [0, 0.1) is 0 Å². The highest BCUT2D eigenvalue weighted by atomic mass is 32.1. The molecule has 3 rings (SSSR count). The number of hydrogen-bond acceptors (Lipinski definition) is 5. The van der Waals surface area contributed by atoms with Gasteiger partial charge in [0.05, 0.1) is 5.39 Å². The van der Waals surface area contributed by atoms with Crippen LogP contribution in [0.5, 0.6) is 0 Å². The number of aromatic nitrogens is 2. The Morgan fingerprint density at radius 1 is 1.23 bits per heavy atom. The molecule has 2 heterocycles. The summed E-state index contributed by atoms with van der Waals surface area (Å²) >= 11 is 1.56. The molecule has 0 amide bonds. The first kappa shape index (κ1) is 14.6. The minimum atomic E-state index is -1.13. The van der Waals surface area contributed by atoms with Gasteiger partial charge in [0.2, 0.25) is 5.82 Å². The predicted molar refractivity (Wildman–Crippen MR) is 83.5 cm³/mol. The summed E-state index contributed by atoms with van der Waals surface area (Å²) in [6, 6.07) is 12.0. The Kier molecular flexibility index (Phi) is 3.64. The molecule has 22 heavy (non-hydrogen) atoms. The van der Waals surface area contributed by atoms with Crippen molar-refractivity contribution in [3.8, 4) is 10.4 Å². The molecule has 1 aromatic carbocycles. The van der Waals surface area contributed by atoms with E-state index in [-0.39, 0.29) is 0 Å². The van der Waals surface area contributed by atoms with Crippen molar-refractivity contribution in [3.63, 3.8) is 0 Å². The normalized spacial score (nSPS) is 11.7. The van der Waals surface area contributed by atoms with Gasteiger partial charge in [-0.1, -0.05) is 30.3 Å². The van der Waals surface area contributed by atoms with Gasteiger partial charge in [0.25, 0.3) is 0 Å². The molecule has 0 aliphatic rings. The molecular weight excluding hydrogens is 298 g/mol. The number of nitrogens with zero attached hydrogens (tertiary/aromatic N) is 2. The molecule has 0 bridgehead atoms. The van der Waals surface area contributed by atoms with Crippen molar-refractivity contribution in [1.29, 1.82) is 0 Å². The van der Waals surface area contributed by atoms with Crippen molar-refractivity contribution in [1.82, 2.24) is 9.97 Å². The Labute approximate surface area is 131 Å². The standard InChI is InChI=1S/C16H15N3O2S/c1-16(2,15(20)21)19-13-11-8-12(10-6-4-3-5-7-10)22-14(11)18-9-17-13/h3-9H,1-2H3,(H,20,21)(H,17,18,19). The Hall–Kier alpha value is -2.31. The summed E-state index contributed by atoms with van der Waals surface area (Å²) < 4.78 is 0. The number of carbonyl (C=O) groups is 1. The van der Waals surface area contributed by atoms with Gasteiger partial charge in [-0.3, -0.25) is 5.32 Å². The number of carbonyl (C=O) groups excluding carboxylic acids is 1. The third kappa shape index (κ3) is 2.70. The topological polar surface area (TPSA) is 82.5 Å². The predicted octanol–water partition coefficient (Wildman–Crippen LogP) is 1.08. The first-order chi connectivity index (χ1) is 10.5. The maximum absolute atomic E-state index is 11.2. The van der Waals surface area contributed by atoms with Gasteiger partial charge in [-0.2, -0.15) is 4.98 Å². The van der Waals surface area contributed by atoms with Gasteiger partial charge in [0.15, 0.2) is 0 Å². The van der Waals surface area contributed by atoms with E-state index in [1.807, 2.05) is 36.4 Å². The molecule has 0 fully saturated rings. The van der Waals surface area contributed by atoms with E-state index in [1.165, 1.54) is 6.33 Å². The Bertz CT molecular complexity index is 828. The zero-order valence-electron chi connectivity index (χ0n) is 12.2. The Morgan fingerprint density at radius 3 is 2.64 bits per heavy atom. The SMILES string of the molecule is CC(C)([NH2+]c1ncnc2sc(-c3ccccc3)cc12)C(=O)[O-]. The summed E-state index contributed by atoms with van der Waals surface area (Å²) in [6.07, 6.45) is 1.46. The lowest BCUT2D eigenvalue weighted by atomic mass is 10.1. The number of carboxylic acid groups (broad SMARTS) is 1. The molecule has 0 spiro atoms. The lowest BCUT2D eigenvalue weighted by molar-refractivity contribution is -0.642. The molecule has 0 saturated heterocycles. The zero-order valence-corrected chi connectivity index (χ0v) is 13.1. The van der Waals surface area contributed by atoms with Crippen molar-refractivity contribution in [2.45, 2.75) is 19.4 Å². The number of hydrogen-bond donors (Lipinski definition) is 1. The van der Waals surface area contributed by atoms with Crippen LogP contribution in [0.3, 0.4) is 0 Å². The van der Waals surface area contributed by atoms with Gasteiger partial charge in [0.1, 0.15) is 22.7 Å². The van der Waals surface area contributed by atoms with Gasteiger partial charge in [-0.05, 0) is 25.5 Å². The molecule has 0 aliphatic carbocycles. The van der Waals surface area contributed by atoms with Crippen molar-refractivity contribution < 1.29 is 15.2 Å². The van der Waals surface area contributed by atoms with Gasteiger partial charge < -0.3 is 9.90 Å². The lowest BCUT2D eigenvalue weighted by Gasteiger charge is -2.22. The second kappa shape index (κ2) is 5.47. The van der Waals surface area contributed by atoms with E-state index in [4.69, 9.17) is 0 Å². The number of rotatable bonds is 4. The van der Waals surface area contributed by atoms with Gasteiger partial charge in [-0.25, -0.2) is 4.98 Å². The molecule has 112 valence electrons. The second-order valence-corrected chi connectivity index (χ2v) is 6.64. The molecule has 0 radical (unpaired) electrons. The fraction of sp³-hybridized carbons (Fsp3) is 0.188. The van der Waals surface area contributed by atoms with Crippen molar-refractivity contribution in [2.75, 3.05) is 0 Å². The van der Waals surface area contributed by atoms with Crippen molar-refractivity contribution >= 4 is 33.3 Å². The Morgan fingerprint density at radius 2 is 1.95 bits per heavy atom. The summed E-state index contributed by atoms with van der Waals surface area (Å²) in [5, 5.41) is 13.7. The molecule has 3 aromatic rings. The fourth-order valence-corrected chi connectivity index (χ4v) is 3.15. The van der Waals surface area contributed by atoms with Crippen molar-refractivity contribution in [2.24, 2.45) is 0 Å². The average Bonchev–Trinajstić information content (AvgIpc) is 2.93. The van der Waals surface area contributed by atoms with E-state index >= 15 is 0 Å². The van der Waals surface area contributed by atoms with Gasteiger partial charge >= 0.3 is 0 Å². The number of thiophene rings is 1. The van der Waals surface area contributed by atoms with E-state index in [1.54, 1.807) is 30.5 Å². The van der Waals surface area contributed by atoms with E-state index in [9.17, 15) is 9.90 Å². The van der Waals surface area contributed by atoms with Crippen LogP contribution < -0.4 is 10.4 Å². The highest BCUT2D eigenvalue weighted by Crippen LogP contribution is 2.33. The second-order valence-electron chi connectivity index (χ2n) is 5.61. The van der Waals surface area contributed by atoms with E-state index in [2.05, 4.69) is 9.97 Å². The van der Waals surface area contributed by atoms with E-state index in [0.29, 0.717) is 5.82 Å². The summed E-state index contributed by atoms with van der Waals surface area (Å²) in [6.45, 7) is 3.20. The minimum Gasteiger partial charge on any atom is -0.544 e. The van der Waals surface area contributed by atoms with Crippen LogP contribution in [0.2, 0.25) is 0 Å². The van der Waals surface area contributed by atoms with Crippen LogP contribution in [0.25, 0.3) is 20.7 Å². The molecule has 2 aromatic heterocycles. The number of quaternary nitrogens is 1. The van der Waals surface area contributed by atoms with E-state index < -0.39 is 11.5 Å². The molecule has 5 nitrogen and oxygen atoms in total. The van der Waals surface area contributed by atoms with Crippen LogP contribution in [0.15, 0.2) is 42.7 Å². The molecule has 6 heteroatoms. The molecule has 0 saturated carbocycles. The van der Waals surface area contributed by atoms with Crippen molar-refractivity contribution in [3.05, 3.63) is 42.7 Å². The number of benzene rings is 1. The molecular formula is C16H15N3O2S. The number of nitrogens with two attached hydrogens (primary N) is 1. The van der Waals surface area contributed by atoms with Crippen LogP contribution in [0.4, 0.5) is 5.82 Å². The zero-order chi connectivity index (χ0) is 15.7. The molecule has 2 N–H and O–H groups in total. The third-order valence-electron chi connectivity index (χ3n) is 3.44. The first-order valence-corrected chi connectivity index (χ1v) is 7.66. The van der Waals surface area contributed by atoms with Gasteiger partial charge in [0, 0.05) is 4.88 Å². The minimum absolute atomic E-state index is 0.623. The maximum atomic E-state index is 11.2. The highest BCUT2D eigenvalue weighted by molar-refractivity contribution is 7.21. The number of carboxylic acids is 1. The summed E-state index contributed by atoms with van der Waals surface area (Å²) in [7, 11) is 0. The Balaban J connectivity index is 2.06. The molecule has 0 unspecified atom stereocenters. The maximum Gasteiger partial charge on any atom is 0.236 e. The third-order valence-corrected chi connectivity index (χ3v) is 4.53. The first-order valence-electron chi connectivity index (χ1n) is 6.85. The van der Waals surface area contributed by atoms with Crippen LogP contribution in [-0.2, 0) is 4.79 Å². The van der Waals surface area contributed by atoms with Crippen LogP contribution in [0.1, 0.15) is 13.8 Å².